The van der Waals surface area contributed by atoms with Gasteiger partial charge in [0.25, 0.3) is 0 Å². The summed E-state index contributed by atoms with van der Waals surface area (Å²) in [5.74, 6) is 0. The molecule has 0 amide bonds. The van der Waals surface area contributed by atoms with Crippen LogP contribution >= 0.6 is 0 Å². The van der Waals surface area contributed by atoms with E-state index in [1.807, 2.05) is 0 Å². The molecular formula is C11H30N8. The largest absolute Gasteiger partial charge is 0.243 e. The summed E-state index contributed by atoms with van der Waals surface area (Å²) in [4.78, 5) is 0. The predicted octanol–water partition coefficient (Wildman–Crippen LogP) is -0.367. The molecule has 1 aliphatic rings. The molecule has 8 heteroatoms. The molecule has 0 aromatic rings. The molecule has 0 saturated carbocycles. The molecule has 8 nitrogen and oxygen atoms in total. The van der Waals surface area contributed by atoms with Crippen LogP contribution in [-0.4, -0.2) is 13.1 Å². The fraction of sp³-hybridized carbons (Fsp3) is 1.00. The van der Waals surface area contributed by atoms with Gasteiger partial charge < -0.3 is 0 Å². The summed E-state index contributed by atoms with van der Waals surface area (Å²) >= 11 is 0. The summed E-state index contributed by atoms with van der Waals surface area (Å²) in [6.07, 6.45) is 11.8. The second-order valence-corrected chi connectivity index (χ2v) is 4.79. The average Bonchev–Trinajstić information content (AvgIpc) is 2.43. The minimum absolute atomic E-state index is 0.960. The van der Waals surface area contributed by atoms with Gasteiger partial charge >= 0.3 is 0 Å². The van der Waals surface area contributed by atoms with Crippen molar-refractivity contribution in [3.63, 3.8) is 0 Å². The molecule has 0 bridgehead atoms. The summed E-state index contributed by atoms with van der Waals surface area (Å²) in [6.45, 7) is 1.92. The Morgan fingerprint density at radius 3 is 1.05 bits per heavy atom. The van der Waals surface area contributed by atoms with Crippen molar-refractivity contribution in [2.24, 2.45) is 0 Å². The molecule has 0 aromatic carbocycles. The van der Waals surface area contributed by atoms with E-state index in [-0.39, 0.29) is 0 Å². The summed E-state index contributed by atoms with van der Waals surface area (Å²) in [6, 6.07) is 0. The van der Waals surface area contributed by atoms with Gasteiger partial charge in [0.15, 0.2) is 0 Å². The Balaban J connectivity index is 2.01. The molecule has 0 radical (unpaired) electrons. The van der Waals surface area contributed by atoms with Gasteiger partial charge in [0.2, 0.25) is 0 Å². The zero-order valence-corrected chi connectivity index (χ0v) is 11.8. The van der Waals surface area contributed by atoms with Gasteiger partial charge in [-0.15, -0.1) is 0 Å². The first-order valence-corrected chi connectivity index (χ1v) is 7.46. The Labute approximate surface area is 116 Å². The van der Waals surface area contributed by atoms with Crippen LogP contribution in [0.2, 0.25) is 0 Å². The standard InChI is InChI=1S/C11H30N8/c1-2-4-6-8-10-12-14-16-18-19-17-15-13-11-9-7-5-3-1/h12-19H,1-11H2. The first-order chi connectivity index (χ1) is 9.50. The predicted molar refractivity (Wildman–Crippen MR) is 76.4 cm³/mol. The third-order valence-corrected chi connectivity index (χ3v) is 3.09. The molecule has 0 unspecified atom stereocenters. The van der Waals surface area contributed by atoms with Crippen molar-refractivity contribution >= 4 is 0 Å². The molecule has 1 heterocycles. The average molecular weight is 274 g/mol. The molecule has 0 aliphatic carbocycles. The highest BCUT2D eigenvalue weighted by atomic mass is 15.9. The lowest BCUT2D eigenvalue weighted by molar-refractivity contribution is 0.254. The third-order valence-electron chi connectivity index (χ3n) is 3.09. The molecule has 1 saturated heterocycles. The van der Waals surface area contributed by atoms with Crippen molar-refractivity contribution in [1.82, 2.24) is 44.1 Å². The maximum absolute atomic E-state index is 3.07. The highest BCUT2D eigenvalue weighted by Gasteiger charge is 1.93. The highest BCUT2D eigenvalue weighted by Crippen LogP contribution is 2.09. The van der Waals surface area contributed by atoms with E-state index in [9.17, 15) is 0 Å². The first-order valence-electron chi connectivity index (χ1n) is 7.46. The minimum Gasteiger partial charge on any atom is -0.243 e. The van der Waals surface area contributed by atoms with Crippen LogP contribution < -0.4 is 44.1 Å². The second-order valence-electron chi connectivity index (χ2n) is 4.79. The SMILES string of the molecule is C1CCCCCNNNNNNNNCCCCC1. The van der Waals surface area contributed by atoms with Crippen LogP contribution in [-0.2, 0) is 0 Å². The van der Waals surface area contributed by atoms with Gasteiger partial charge in [-0.25, -0.2) is 10.9 Å². The molecule has 19 heavy (non-hydrogen) atoms. The van der Waals surface area contributed by atoms with Gasteiger partial charge in [-0.05, 0) is 12.8 Å². The van der Waals surface area contributed by atoms with Crippen molar-refractivity contribution in [2.75, 3.05) is 13.1 Å². The maximum atomic E-state index is 3.07. The fourth-order valence-electron chi connectivity index (χ4n) is 2.00. The van der Waals surface area contributed by atoms with Crippen LogP contribution in [0.25, 0.3) is 0 Å². The lowest BCUT2D eigenvalue weighted by Gasteiger charge is -2.12. The molecule has 1 rings (SSSR count). The van der Waals surface area contributed by atoms with Gasteiger partial charge in [-0.3, -0.25) is 0 Å². The van der Waals surface area contributed by atoms with E-state index < -0.39 is 0 Å². The van der Waals surface area contributed by atoms with Gasteiger partial charge in [0, 0.05) is 13.1 Å². The number of rotatable bonds is 0. The summed E-state index contributed by atoms with van der Waals surface area (Å²) < 4.78 is 0. The summed E-state index contributed by atoms with van der Waals surface area (Å²) in [7, 11) is 0. The number of hydrogen-bond donors (Lipinski definition) is 8. The lowest BCUT2D eigenvalue weighted by Crippen LogP contribution is -2.63. The molecule has 0 spiro atoms. The number of hydrazine groups is 7. The Bertz CT molecular complexity index is 99.4. The zero-order chi connectivity index (χ0) is 13.4. The van der Waals surface area contributed by atoms with Crippen LogP contribution in [0.4, 0.5) is 0 Å². The van der Waals surface area contributed by atoms with E-state index in [4.69, 9.17) is 0 Å². The Morgan fingerprint density at radius 2 is 0.632 bits per heavy atom. The van der Waals surface area contributed by atoms with Crippen molar-refractivity contribution in [1.29, 1.82) is 0 Å². The fourth-order valence-corrected chi connectivity index (χ4v) is 2.00. The third kappa shape index (κ3) is 12.5. The van der Waals surface area contributed by atoms with Gasteiger partial charge in [0.1, 0.15) is 0 Å². The van der Waals surface area contributed by atoms with Crippen LogP contribution in [0, 0.1) is 0 Å². The normalized spacial score (nSPS) is 24.0. The van der Waals surface area contributed by atoms with Gasteiger partial charge in [-0.1, -0.05) is 44.9 Å². The maximum Gasteiger partial charge on any atom is 0.0113 e. The van der Waals surface area contributed by atoms with Crippen LogP contribution in [0.1, 0.15) is 57.8 Å². The van der Waals surface area contributed by atoms with E-state index in [1.54, 1.807) is 0 Å². The monoisotopic (exact) mass is 274 g/mol. The Morgan fingerprint density at radius 1 is 0.316 bits per heavy atom. The number of nitrogens with one attached hydrogen (secondary N) is 8. The van der Waals surface area contributed by atoms with E-state index in [0.717, 1.165) is 13.1 Å². The molecule has 0 atom stereocenters. The van der Waals surface area contributed by atoms with Crippen molar-refractivity contribution in [3.05, 3.63) is 0 Å². The Hall–Kier alpha value is -0.320. The quantitative estimate of drug-likeness (QED) is 0.303. The second kappa shape index (κ2) is 14.1. The summed E-state index contributed by atoms with van der Waals surface area (Å²) in [5.41, 5.74) is 22.7. The van der Waals surface area contributed by atoms with Gasteiger partial charge in [0.05, 0.1) is 0 Å². The van der Waals surface area contributed by atoms with E-state index in [0.29, 0.717) is 0 Å². The van der Waals surface area contributed by atoms with Crippen LogP contribution in [0.3, 0.4) is 0 Å². The van der Waals surface area contributed by atoms with Gasteiger partial charge in [-0.2, -0.15) is 33.2 Å². The molecule has 1 fully saturated rings. The topological polar surface area (TPSA) is 96.2 Å². The van der Waals surface area contributed by atoms with Crippen molar-refractivity contribution in [2.45, 2.75) is 57.8 Å². The van der Waals surface area contributed by atoms with Crippen LogP contribution in [0.5, 0.6) is 0 Å². The molecule has 1 aliphatic heterocycles. The zero-order valence-electron chi connectivity index (χ0n) is 11.8. The number of hydrogen-bond acceptors (Lipinski definition) is 8. The minimum atomic E-state index is 0.960. The smallest absolute Gasteiger partial charge is 0.0113 e. The van der Waals surface area contributed by atoms with Crippen molar-refractivity contribution < 1.29 is 0 Å². The van der Waals surface area contributed by atoms with Crippen molar-refractivity contribution in [3.8, 4) is 0 Å². The molecular weight excluding hydrogens is 244 g/mol. The van der Waals surface area contributed by atoms with E-state index >= 15 is 0 Å². The molecule has 0 aromatic heterocycles. The van der Waals surface area contributed by atoms with E-state index in [1.165, 1.54) is 57.8 Å². The van der Waals surface area contributed by atoms with E-state index in [2.05, 4.69) is 44.1 Å². The lowest BCUT2D eigenvalue weighted by atomic mass is 10.1. The Kier molecular flexibility index (Phi) is 12.4. The van der Waals surface area contributed by atoms with Crippen LogP contribution in [0.15, 0.2) is 0 Å². The highest BCUT2D eigenvalue weighted by molar-refractivity contribution is 4.49. The molecule has 8 N–H and O–H groups in total. The first kappa shape index (κ1) is 16.7. The summed E-state index contributed by atoms with van der Waals surface area (Å²) in [5, 5.41) is 0. The molecule has 114 valence electrons.